The Labute approximate surface area is 260 Å². The second-order valence-corrected chi connectivity index (χ2v) is 12.2. The summed E-state index contributed by atoms with van der Waals surface area (Å²) in [7, 11) is 0. The van der Waals surface area contributed by atoms with Crippen LogP contribution in [0.3, 0.4) is 0 Å². The molecule has 0 spiro atoms. The Bertz CT molecular complexity index is 2200. The van der Waals surface area contributed by atoms with Gasteiger partial charge in [-0.25, -0.2) is 9.97 Å². The van der Waals surface area contributed by atoms with E-state index in [0.717, 1.165) is 11.1 Å². The zero-order valence-electron chi connectivity index (χ0n) is 24.9. The second kappa shape index (κ2) is 9.63. The molecule has 4 nitrogen and oxygen atoms in total. The van der Waals surface area contributed by atoms with Crippen LogP contribution in [0.5, 0.6) is 0 Å². The molecule has 1 aliphatic carbocycles. The average Bonchev–Trinajstić information content (AvgIpc) is 3.86. The van der Waals surface area contributed by atoms with Crippen molar-refractivity contribution < 1.29 is 8.83 Å². The maximum Gasteiger partial charge on any atom is 0.225 e. The quantitative estimate of drug-likeness (QED) is 0.208. The number of oxazole rings is 2. The fourth-order valence-corrected chi connectivity index (χ4v) is 7.21. The van der Waals surface area contributed by atoms with Gasteiger partial charge in [0.1, 0.15) is 12.5 Å². The standard InChI is InChI=1S/C41H28N2O2/c1-41(2)35-23-33(25-11-15-27(16-12-25)39-42-19-21-44-39)29-7-3-5-9-31(29)37(35)38-32-10-6-4-8-30(32)34(24-36(38)41)26-13-17-28(18-14-26)40-43-20-22-45-40/h3-24H,1-2H3. The molecule has 0 saturated heterocycles. The van der Waals surface area contributed by atoms with Crippen molar-refractivity contribution in [2.24, 2.45) is 0 Å². The van der Waals surface area contributed by atoms with Crippen molar-refractivity contribution in [3.63, 3.8) is 0 Å². The zero-order chi connectivity index (χ0) is 30.1. The molecule has 9 rings (SSSR count). The van der Waals surface area contributed by atoms with Gasteiger partial charge in [-0.3, -0.25) is 0 Å². The lowest BCUT2D eigenvalue weighted by atomic mass is 9.79. The summed E-state index contributed by atoms with van der Waals surface area (Å²) in [6, 6.07) is 39.6. The highest BCUT2D eigenvalue weighted by Crippen LogP contribution is 2.56. The summed E-state index contributed by atoms with van der Waals surface area (Å²) in [5.74, 6) is 1.26. The third kappa shape index (κ3) is 3.85. The second-order valence-electron chi connectivity index (χ2n) is 12.2. The molecule has 0 radical (unpaired) electrons. The van der Waals surface area contributed by atoms with Gasteiger partial charge in [-0.1, -0.05) is 86.6 Å². The highest BCUT2D eigenvalue weighted by atomic mass is 16.3. The summed E-state index contributed by atoms with van der Waals surface area (Å²) >= 11 is 0. The first-order valence-electron chi connectivity index (χ1n) is 15.2. The van der Waals surface area contributed by atoms with E-state index in [-0.39, 0.29) is 5.41 Å². The van der Waals surface area contributed by atoms with Crippen molar-refractivity contribution in [3.05, 3.63) is 145 Å². The van der Waals surface area contributed by atoms with E-state index in [1.165, 1.54) is 66.1 Å². The Morgan fingerprint density at radius 2 is 0.844 bits per heavy atom. The van der Waals surface area contributed by atoms with Crippen LogP contribution < -0.4 is 0 Å². The van der Waals surface area contributed by atoms with E-state index < -0.39 is 0 Å². The Hall–Kier alpha value is -5.74. The summed E-state index contributed by atoms with van der Waals surface area (Å²) in [4.78, 5) is 8.65. The first kappa shape index (κ1) is 25.7. The predicted molar refractivity (Wildman–Crippen MR) is 181 cm³/mol. The molecule has 8 aromatic rings. The first-order valence-corrected chi connectivity index (χ1v) is 15.2. The molecule has 6 aromatic carbocycles. The smallest absolute Gasteiger partial charge is 0.225 e. The molecule has 0 fully saturated rings. The van der Waals surface area contributed by atoms with Gasteiger partial charge in [0.05, 0.1) is 12.4 Å². The molecule has 0 unspecified atom stereocenters. The Morgan fingerprint density at radius 3 is 1.22 bits per heavy atom. The normalized spacial score (nSPS) is 13.3. The van der Waals surface area contributed by atoms with E-state index in [0.29, 0.717) is 11.8 Å². The van der Waals surface area contributed by atoms with Crippen LogP contribution in [0.15, 0.2) is 143 Å². The lowest BCUT2D eigenvalue weighted by molar-refractivity contribution is 0.574. The molecule has 0 amide bonds. The molecule has 0 atom stereocenters. The van der Waals surface area contributed by atoms with Crippen LogP contribution in [0.1, 0.15) is 25.0 Å². The van der Waals surface area contributed by atoms with Crippen LogP contribution in [-0.4, -0.2) is 9.97 Å². The third-order valence-electron chi connectivity index (χ3n) is 9.44. The maximum atomic E-state index is 5.54. The maximum absolute atomic E-state index is 5.54. The zero-order valence-corrected chi connectivity index (χ0v) is 24.9. The minimum atomic E-state index is -0.210. The van der Waals surface area contributed by atoms with Gasteiger partial charge in [-0.2, -0.15) is 0 Å². The highest BCUT2D eigenvalue weighted by Gasteiger charge is 2.39. The van der Waals surface area contributed by atoms with E-state index in [2.05, 4.69) is 133 Å². The minimum Gasteiger partial charge on any atom is -0.445 e. The topological polar surface area (TPSA) is 52.1 Å². The molecule has 2 heterocycles. The van der Waals surface area contributed by atoms with Gasteiger partial charge < -0.3 is 8.83 Å². The van der Waals surface area contributed by atoms with Crippen LogP contribution in [0.25, 0.3) is 77.8 Å². The molecule has 1 aliphatic rings. The molecule has 45 heavy (non-hydrogen) atoms. The van der Waals surface area contributed by atoms with Crippen molar-refractivity contribution in [2.45, 2.75) is 19.3 Å². The molecule has 0 N–H and O–H groups in total. The lowest BCUT2D eigenvalue weighted by Gasteiger charge is -2.24. The summed E-state index contributed by atoms with van der Waals surface area (Å²) in [6.45, 7) is 4.73. The van der Waals surface area contributed by atoms with E-state index in [4.69, 9.17) is 8.83 Å². The van der Waals surface area contributed by atoms with Crippen molar-refractivity contribution >= 4 is 21.5 Å². The van der Waals surface area contributed by atoms with Crippen molar-refractivity contribution in [1.29, 1.82) is 0 Å². The Kier molecular flexibility index (Phi) is 5.51. The number of fused-ring (bicyclic) bond motifs is 7. The van der Waals surface area contributed by atoms with E-state index in [9.17, 15) is 0 Å². The van der Waals surface area contributed by atoms with E-state index in [1.54, 1.807) is 24.9 Å². The molecule has 0 saturated carbocycles. The summed E-state index contributed by atoms with van der Waals surface area (Å²) < 4.78 is 11.1. The fraction of sp³-hybridized carbons (Fsp3) is 0.0732. The Balaban J connectivity index is 1.26. The SMILES string of the molecule is CC1(C)c2cc(-c3ccc(-c4ncco4)cc3)c3ccccc3c2-c2c1cc(-c1ccc(-c3ncco3)cc1)c1ccccc21. The van der Waals surface area contributed by atoms with Gasteiger partial charge >= 0.3 is 0 Å². The number of nitrogens with zero attached hydrogens (tertiary/aromatic N) is 2. The predicted octanol–water partition coefficient (Wildman–Crippen LogP) is 10.9. The Morgan fingerprint density at radius 1 is 0.467 bits per heavy atom. The summed E-state index contributed by atoms with van der Waals surface area (Å²) in [6.07, 6.45) is 6.58. The van der Waals surface area contributed by atoms with Crippen LogP contribution in [0.2, 0.25) is 0 Å². The van der Waals surface area contributed by atoms with Gasteiger partial charge in [0.15, 0.2) is 0 Å². The first-order chi connectivity index (χ1) is 22.1. The van der Waals surface area contributed by atoms with Crippen LogP contribution in [0, 0.1) is 0 Å². The molecule has 2 aromatic heterocycles. The third-order valence-corrected chi connectivity index (χ3v) is 9.44. The van der Waals surface area contributed by atoms with Crippen molar-refractivity contribution in [3.8, 4) is 56.3 Å². The molecule has 0 aliphatic heterocycles. The number of hydrogen-bond acceptors (Lipinski definition) is 4. The molecular formula is C41H28N2O2. The molecule has 0 bridgehead atoms. The van der Waals surface area contributed by atoms with E-state index >= 15 is 0 Å². The van der Waals surface area contributed by atoms with Gasteiger partial charge in [0.25, 0.3) is 0 Å². The van der Waals surface area contributed by atoms with Gasteiger partial charge in [-0.15, -0.1) is 0 Å². The lowest BCUT2D eigenvalue weighted by Crippen LogP contribution is -2.15. The van der Waals surface area contributed by atoms with Gasteiger partial charge in [0, 0.05) is 16.5 Å². The minimum absolute atomic E-state index is 0.210. The van der Waals surface area contributed by atoms with Crippen LogP contribution in [0.4, 0.5) is 0 Å². The highest BCUT2D eigenvalue weighted by molar-refractivity contribution is 6.16. The van der Waals surface area contributed by atoms with Gasteiger partial charge in [0.2, 0.25) is 11.8 Å². The largest absolute Gasteiger partial charge is 0.445 e. The number of hydrogen-bond donors (Lipinski definition) is 0. The van der Waals surface area contributed by atoms with E-state index in [1.807, 2.05) is 0 Å². The summed E-state index contributed by atoms with van der Waals surface area (Å²) in [5.41, 5.74) is 11.9. The number of aromatic nitrogens is 2. The average molecular weight is 581 g/mol. The van der Waals surface area contributed by atoms with Crippen molar-refractivity contribution in [2.75, 3.05) is 0 Å². The van der Waals surface area contributed by atoms with Crippen LogP contribution >= 0.6 is 0 Å². The number of rotatable bonds is 4. The summed E-state index contributed by atoms with van der Waals surface area (Å²) in [5, 5.41) is 5.06. The molecule has 4 heteroatoms. The van der Waals surface area contributed by atoms with Gasteiger partial charge in [-0.05, 0) is 102 Å². The van der Waals surface area contributed by atoms with Crippen LogP contribution in [-0.2, 0) is 5.41 Å². The van der Waals surface area contributed by atoms with Crippen molar-refractivity contribution in [1.82, 2.24) is 9.97 Å². The number of benzene rings is 6. The molecular weight excluding hydrogens is 552 g/mol. The monoisotopic (exact) mass is 580 g/mol. The molecule has 214 valence electrons. The fourth-order valence-electron chi connectivity index (χ4n) is 7.21.